The number of carbonyl (C=O) groups excluding carboxylic acids is 1. The number of carbonyl (C=O) groups is 1. The molecule has 0 aliphatic carbocycles. The lowest BCUT2D eigenvalue weighted by Gasteiger charge is -2.16. The molecule has 0 unspecified atom stereocenters. The van der Waals surface area contributed by atoms with E-state index in [-0.39, 0.29) is 18.3 Å². The van der Waals surface area contributed by atoms with E-state index in [1.165, 1.54) is 0 Å². The van der Waals surface area contributed by atoms with Crippen molar-refractivity contribution in [1.82, 2.24) is 20.0 Å². The molecule has 0 saturated heterocycles. The molecule has 0 aliphatic rings. The summed E-state index contributed by atoms with van der Waals surface area (Å²) in [6.45, 7) is 3.71. The molecule has 2 aromatic rings. The Kier molecular flexibility index (Phi) is 7.57. The fraction of sp³-hybridized carbons (Fsp3) is 0.375. The van der Waals surface area contributed by atoms with E-state index in [0.717, 1.165) is 12.2 Å². The Morgan fingerprint density at radius 3 is 2.65 bits per heavy atom. The van der Waals surface area contributed by atoms with Crippen LogP contribution in [0.5, 0.6) is 5.75 Å². The Morgan fingerprint density at radius 1 is 1.35 bits per heavy atom. The van der Waals surface area contributed by atoms with Gasteiger partial charge in [-0.15, -0.1) is 12.4 Å². The minimum atomic E-state index is -0.145. The molecule has 7 heteroatoms. The second-order valence-electron chi connectivity index (χ2n) is 4.89. The summed E-state index contributed by atoms with van der Waals surface area (Å²) < 4.78 is 7.24. The van der Waals surface area contributed by atoms with Gasteiger partial charge in [0.25, 0.3) is 5.91 Å². The molecule has 6 nitrogen and oxygen atoms in total. The average Bonchev–Trinajstić information content (AvgIpc) is 2.97. The molecular weight excluding hydrogens is 316 g/mol. The molecule has 1 aromatic carbocycles. The van der Waals surface area contributed by atoms with Gasteiger partial charge in [0.15, 0.2) is 11.4 Å². The lowest BCUT2D eigenvalue weighted by molar-refractivity contribution is 0.0786. The quantitative estimate of drug-likeness (QED) is 0.838. The number of nitrogens with zero attached hydrogens (tertiary/aromatic N) is 3. The molecular formula is C16H23ClN4O2. The smallest absolute Gasteiger partial charge is 0.278 e. The van der Waals surface area contributed by atoms with Crippen molar-refractivity contribution in [3.05, 3.63) is 42.2 Å². The lowest BCUT2D eigenvalue weighted by atomic mass is 10.3. The molecule has 0 atom stereocenters. The van der Waals surface area contributed by atoms with Gasteiger partial charge in [0, 0.05) is 20.1 Å². The maximum atomic E-state index is 12.5. The highest BCUT2D eigenvalue weighted by atomic mass is 35.5. The van der Waals surface area contributed by atoms with Crippen molar-refractivity contribution >= 4 is 18.3 Å². The van der Waals surface area contributed by atoms with Crippen molar-refractivity contribution < 1.29 is 9.53 Å². The summed E-state index contributed by atoms with van der Waals surface area (Å²) in [4.78, 5) is 14.2. The van der Waals surface area contributed by atoms with E-state index in [2.05, 4.69) is 10.4 Å². The molecule has 0 aliphatic heterocycles. The van der Waals surface area contributed by atoms with Gasteiger partial charge >= 0.3 is 0 Å². The van der Waals surface area contributed by atoms with Crippen LogP contribution in [0.3, 0.4) is 0 Å². The van der Waals surface area contributed by atoms with Crippen molar-refractivity contribution in [2.45, 2.75) is 6.92 Å². The Morgan fingerprint density at radius 2 is 2.04 bits per heavy atom. The Labute approximate surface area is 142 Å². The summed E-state index contributed by atoms with van der Waals surface area (Å²) in [7, 11) is 3.62. The zero-order valence-corrected chi connectivity index (χ0v) is 14.5. The average molecular weight is 339 g/mol. The highest BCUT2D eigenvalue weighted by Gasteiger charge is 2.21. The van der Waals surface area contributed by atoms with Crippen molar-refractivity contribution in [1.29, 1.82) is 0 Å². The molecule has 0 bridgehead atoms. The van der Waals surface area contributed by atoms with Crippen LogP contribution in [0.15, 0.2) is 36.5 Å². The molecule has 23 heavy (non-hydrogen) atoms. The first-order chi connectivity index (χ1) is 10.7. The third-order valence-corrected chi connectivity index (χ3v) is 3.25. The maximum absolute atomic E-state index is 12.5. The standard InChI is InChI=1S/C16H22N4O2.ClH/c1-4-22-14-12-20(13-8-6-5-7-9-13)18-15(14)16(21)19(3)11-10-17-2;/h5-9,12,17H,4,10-11H2,1-3H3;1H. The molecule has 1 N–H and O–H groups in total. The van der Waals surface area contributed by atoms with Gasteiger partial charge in [-0.3, -0.25) is 4.79 Å². The largest absolute Gasteiger partial charge is 0.490 e. The molecule has 0 saturated carbocycles. The minimum absolute atomic E-state index is 0. The predicted octanol–water partition coefficient (Wildman–Crippen LogP) is 1.98. The van der Waals surface area contributed by atoms with Crippen molar-refractivity contribution in [2.24, 2.45) is 0 Å². The normalized spacial score (nSPS) is 10.0. The van der Waals surface area contributed by atoms with Gasteiger partial charge < -0.3 is 15.0 Å². The number of hydrogen-bond donors (Lipinski definition) is 1. The molecule has 1 heterocycles. The maximum Gasteiger partial charge on any atom is 0.278 e. The number of aromatic nitrogens is 2. The number of likely N-dealkylation sites (N-methyl/N-ethyl adjacent to an activating group) is 2. The minimum Gasteiger partial charge on any atom is -0.490 e. The molecule has 1 aromatic heterocycles. The van der Waals surface area contributed by atoms with E-state index in [1.54, 1.807) is 22.8 Å². The summed E-state index contributed by atoms with van der Waals surface area (Å²) in [5.41, 5.74) is 1.23. The van der Waals surface area contributed by atoms with E-state index in [0.29, 0.717) is 24.6 Å². The Balaban J connectivity index is 0.00000264. The van der Waals surface area contributed by atoms with Gasteiger partial charge in [-0.1, -0.05) is 18.2 Å². The highest BCUT2D eigenvalue weighted by Crippen LogP contribution is 2.21. The monoisotopic (exact) mass is 338 g/mol. The third kappa shape index (κ3) is 4.71. The summed E-state index contributed by atoms with van der Waals surface area (Å²) in [5, 5.41) is 7.43. The fourth-order valence-corrected chi connectivity index (χ4v) is 2.04. The second-order valence-corrected chi connectivity index (χ2v) is 4.89. The van der Waals surface area contributed by atoms with Crippen LogP contribution in [0.25, 0.3) is 5.69 Å². The van der Waals surface area contributed by atoms with Crippen molar-refractivity contribution in [3.8, 4) is 11.4 Å². The predicted molar refractivity (Wildman–Crippen MR) is 92.9 cm³/mol. The number of para-hydroxylation sites is 1. The lowest BCUT2D eigenvalue weighted by Crippen LogP contribution is -2.33. The number of nitrogens with one attached hydrogen (secondary N) is 1. The zero-order valence-electron chi connectivity index (χ0n) is 13.7. The third-order valence-electron chi connectivity index (χ3n) is 3.25. The van der Waals surface area contributed by atoms with Gasteiger partial charge in [-0.2, -0.15) is 5.10 Å². The van der Waals surface area contributed by atoms with Gasteiger partial charge in [-0.05, 0) is 26.1 Å². The SMILES string of the molecule is CCOc1cn(-c2ccccc2)nc1C(=O)N(C)CCNC.Cl. The summed E-state index contributed by atoms with van der Waals surface area (Å²) in [5.74, 6) is 0.362. The topological polar surface area (TPSA) is 59.4 Å². The first kappa shape index (κ1) is 19.0. The fourth-order valence-electron chi connectivity index (χ4n) is 2.04. The van der Waals surface area contributed by atoms with E-state index in [9.17, 15) is 4.79 Å². The van der Waals surface area contributed by atoms with Crippen LogP contribution < -0.4 is 10.1 Å². The van der Waals surface area contributed by atoms with Crippen LogP contribution in [0.1, 0.15) is 17.4 Å². The number of hydrogen-bond acceptors (Lipinski definition) is 4. The summed E-state index contributed by atoms with van der Waals surface area (Å²) in [6, 6.07) is 9.66. The summed E-state index contributed by atoms with van der Waals surface area (Å²) in [6.07, 6.45) is 1.75. The van der Waals surface area contributed by atoms with E-state index >= 15 is 0 Å². The molecule has 126 valence electrons. The molecule has 1 amide bonds. The van der Waals surface area contributed by atoms with E-state index in [1.807, 2.05) is 44.3 Å². The number of amides is 1. The Hall–Kier alpha value is -2.05. The number of ether oxygens (including phenoxy) is 1. The number of rotatable bonds is 7. The zero-order chi connectivity index (χ0) is 15.9. The van der Waals surface area contributed by atoms with Gasteiger partial charge in [0.1, 0.15) is 0 Å². The van der Waals surface area contributed by atoms with Crippen molar-refractivity contribution in [2.75, 3.05) is 33.8 Å². The highest BCUT2D eigenvalue weighted by molar-refractivity contribution is 5.94. The van der Waals surface area contributed by atoms with Crippen LogP contribution in [-0.4, -0.2) is 54.4 Å². The number of halogens is 1. The molecule has 2 rings (SSSR count). The Bertz CT molecular complexity index is 616. The van der Waals surface area contributed by atoms with Crippen LogP contribution in [0, 0.1) is 0 Å². The van der Waals surface area contributed by atoms with Crippen LogP contribution in [0.4, 0.5) is 0 Å². The molecule has 0 fully saturated rings. The first-order valence-electron chi connectivity index (χ1n) is 7.35. The van der Waals surface area contributed by atoms with Gasteiger partial charge in [0.2, 0.25) is 0 Å². The van der Waals surface area contributed by atoms with E-state index < -0.39 is 0 Å². The molecule has 0 spiro atoms. The van der Waals surface area contributed by atoms with Gasteiger partial charge in [-0.25, -0.2) is 4.68 Å². The van der Waals surface area contributed by atoms with Crippen molar-refractivity contribution in [3.63, 3.8) is 0 Å². The summed E-state index contributed by atoms with van der Waals surface area (Å²) >= 11 is 0. The molecule has 0 radical (unpaired) electrons. The number of benzene rings is 1. The van der Waals surface area contributed by atoms with Gasteiger partial charge in [0.05, 0.1) is 18.5 Å². The first-order valence-corrected chi connectivity index (χ1v) is 7.35. The van der Waals surface area contributed by atoms with E-state index in [4.69, 9.17) is 4.74 Å². The van der Waals surface area contributed by atoms with Crippen LogP contribution in [0.2, 0.25) is 0 Å². The second kappa shape index (κ2) is 9.17. The van der Waals surface area contributed by atoms with Crippen LogP contribution in [-0.2, 0) is 0 Å². The van der Waals surface area contributed by atoms with Crippen LogP contribution >= 0.6 is 12.4 Å².